The Morgan fingerprint density at radius 3 is 2.60 bits per heavy atom. The number of guanidine groups is 1. The molecule has 0 spiro atoms. The molecule has 0 fully saturated rings. The molecular formula is C16H27N3O. The second-order valence-electron chi connectivity index (χ2n) is 5.65. The summed E-state index contributed by atoms with van der Waals surface area (Å²) in [5.74, 6) is 1.73. The van der Waals surface area contributed by atoms with Gasteiger partial charge < -0.3 is 15.4 Å². The highest BCUT2D eigenvalue weighted by atomic mass is 16.5. The van der Waals surface area contributed by atoms with Crippen LogP contribution in [0.1, 0.15) is 40.2 Å². The van der Waals surface area contributed by atoms with Crippen LogP contribution in [-0.2, 0) is 6.54 Å². The van der Waals surface area contributed by atoms with Crippen molar-refractivity contribution in [3.05, 3.63) is 29.8 Å². The van der Waals surface area contributed by atoms with Crippen LogP contribution in [0.5, 0.6) is 5.75 Å². The molecule has 112 valence electrons. The van der Waals surface area contributed by atoms with Gasteiger partial charge in [-0.3, -0.25) is 0 Å². The fourth-order valence-electron chi connectivity index (χ4n) is 1.73. The van der Waals surface area contributed by atoms with Crippen LogP contribution < -0.4 is 15.4 Å². The first-order valence-electron chi connectivity index (χ1n) is 7.23. The normalized spacial score (nSPS) is 12.2. The molecule has 0 radical (unpaired) electrons. The highest BCUT2D eigenvalue weighted by molar-refractivity contribution is 5.80. The number of hydrogen-bond donors (Lipinski definition) is 2. The van der Waals surface area contributed by atoms with Crippen molar-refractivity contribution in [1.29, 1.82) is 0 Å². The summed E-state index contributed by atoms with van der Waals surface area (Å²) < 4.78 is 5.50. The van der Waals surface area contributed by atoms with Gasteiger partial charge in [-0.1, -0.05) is 12.1 Å². The third-order valence-electron chi connectivity index (χ3n) is 2.47. The minimum atomic E-state index is -0.00578. The summed E-state index contributed by atoms with van der Waals surface area (Å²) in [5.41, 5.74) is 1.14. The van der Waals surface area contributed by atoms with Gasteiger partial charge in [0.2, 0.25) is 0 Å². The average molecular weight is 277 g/mol. The zero-order chi connectivity index (χ0) is 15.0. The van der Waals surface area contributed by atoms with Gasteiger partial charge in [-0.05, 0) is 52.3 Å². The summed E-state index contributed by atoms with van der Waals surface area (Å²) in [4.78, 5) is 4.61. The van der Waals surface area contributed by atoms with E-state index in [1.54, 1.807) is 0 Å². The minimum Gasteiger partial charge on any atom is -0.494 e. The molecule has 0 amide bonds. The Labute approximate surface area is 122 Å². The zero-order valence-electron chi connectivity index (χ0n) is 13.3. The van der Waals surface area contributed by atoms with Gasteiger partial charge >= 0.3 is 0 Å². The molecule has 0 saturated heterocycles. The van der Waals surface area contributed by atoms with Crippen molar-refractivity contribution in [2.24, 2.45) is 4.99 Å². The number of ether oxygens (including phenoxy) is 1. The third-order valence-corrected chi connectivity index (χ3v) is 2.47. The Hall–Kier alpha value is -1.71. The fraction of sp³-hybridized carbons (Fsp3) is 0.562. The van der Waals surface area contributed by atoms with Gasteiger partial charge in [0.1, 0.15) is 5.75 Å². The molecule has 0 aliphatic rings. The van der Waals surface area contributed by atoms with Crippen LogP contribution in [0.2, 0.25) is 0 Å². The van der Waals surface area contributed by atoms with E-state index in [0.717, 1.165) is 23.8 Å². The quantitative estimate of drug-likeness (QED) is 0.642. The largest absolute Gasteiger partial charge is 0.494 e. The molecule has 4 nitrogen and oxygen atoms in total. The molecule has 0 saturated carbocycles. The van der Waals surface area contributed by atoms with Gasteiger partial charge in [-0.25, -0.2) is 4.99 Å². The van der Waals surface area contributed by atoms with E-state index in [9.17, 15) is 0 Å². The first kappa shape index (κ1) is 16.3. The van der Waals surface area contributed by atoms with Gasteiger partial charge in [-0.2, -0.15) is 0 Å². The number of benzene rings is 1. The Morgan fingerprint density at radius 2 is 2.00 bits per heavy atom. The summed E-state index contributed by atoms with van der Waals surface area (Å²) in [7, 11) is 0. The molecule has 4 heteroatoms. The average Bonchev–Trinajstić information content (AvgIpc) is 2.35. The number of nitrogens with one attached hydrogen (secondary N) is 2. The molecule has 1 rings (SSSR count). The Balaban J connectivity index is 2.73. The fourth-order valence-corrected chi connectivity index (χ4v) is 1.73. The monoisotopic (exact) mass is 277 g/mol. The molecule has 0 atom stereocenters. The molecule has 0 aliphatic heterocycles. The lowest BCUT2D eigenvalue weighted by Gasteiger charge is -2.23. The summed E-state index contributed by atoms with van der Waals surface area (Å²) >= 11 is 0. The molecule has 0 aromatic heterocycles. The molecule has 20 heavy (non-hydrogen) atoms. The maximum atomic E-state index is 5.50. The maximum Gasteiger partial charge on any atom is 0.191 e. The van der Waals surface area contributed by atoms with Crippen molar-refractivity contribution < 1.29 is 4.74 Å². The van der Waals surface area contributed by atoms with E-state index in [0.29, 0.717) is 13.2 Å². The van der Waals surface area contributed by atoms with E-state index in [1.807, 2.05) is 25.1 Å². The number of rotatable bonds is 5. The SMILES string of the molecule is CCNC(=NCc1cccc(OCC)c1)NC(C)(C)C. The topological polar surface area (TPSA) is 45.7 Å². The van der Waals surface area contributed by atoms with Crippen LogP contribution in [0.25, 0.3) is 0 Å². The molecule has 0 bridgehead atoms. The molecule has 0 unspecified atom stereocenters. The van der Waals surface area contributed by atoms with Crippen molar-refractivity contribution >= 4 is 5.96 Å². The standard InChI is InChI=1S/C16H27N3O/c1-6-17-15(19-16(3,4)5)18-12-13-9-8-10-14(11-13)20-7-2/h8-11H,6-7,12H2,1-5H3,(H2,17,18,19). The molecular weight excluding hydrogens is 250 g/mol. The summed E-state index contributed by atoms with van der Waals surface area (Å²) in [5, 5.41) is 6.63. The van der Waals surface area contributed by atoms with Crippen LogP contribution in [0.4, 0.5) is 0 Å². The molecule has 1 aromatic rings. The van der Waals surface area contributed by atoms with Gasteiger partial charge in [-0.15, -0.1) is 0 Å². The Bertz CT molecular complexity index is 436. The highest BCUT2D eigenvalue weighted by Gasteiger charge is 2.11. The van der Waals surface area contributed by atoms with E-state index in [-0.39, 0.29) is 5.54 Å². The number of hydrogen-bond acceptors (Lipinski definition) is 2. The van der Waals surface area contributed by atoms with E-state index in [2.05, 4.69) is 49.4 Å². The van der Waals surface area contributed by atoms with Crippen LogP contribution in [0.3, 0.4) is 0 Å². The van der Waals surface area contributed by atoms with Crippen molar-refractivity contribution in [1.82, 2.24) is 10.6 Å². The number of nitrogens with zero attached hydrogens (tertiary/aromatic N) is 1. The van der Waals surface area contributed by atoms with Crippen LogP contribution in [0, 0.1) is 0 Å². The second-order valence-corrected chi connectivity index (χ2v) is 5.65. The van der Waals surface area contributed by atoms with Gasteiger partial charge in [0.05, 0.1) is 13.2 Å². The molecule has 0 heterocycles. The first-order chi connectivity index (χ1) is 9.44. The zero-order valence-corrected chi connectivity index (χ0v) is 13.3. The predicted octanol–water partition coefficient (Wildman–Crippen LogP) is 2.94. The van der Waals surface area contributed by atoms with E-state index < -0.39 is 0 Å². The Morgan fingerprint density at radius 1 is 1.25 bits per heavy atom. The third kappa shape index (κ3) is 6.45. The van der Waals surface area contributed by atoms with Gasteiger partial charge in [0.15, 0.2) is 5.96 Å². The molecule has 1 aromatic carbocycles. The van der Waals surface area contributed by atoms with Crippen LogP contribution in [0.15, 0.2) is 29.3 Å². The first-order valence-corrected chi connectivity index (χ1v) is 7.23. The molecule has 2 N–H and O–H groups in total. The summed E-state index contributed by atoms with van der Waals surface area (Å²) in [6, 6.07) is 8.07. The lowest BCUT2D eigenvalue weighted by Crippen LogP contribution is -2.47. The smallest absolute Gasteiger partial charge is 0.191 e. The van der Waals surface area contributed by atoms with Crippen molar-refractivity contribution in [2.45, 2.75) is 46.7 Å². The predicted molar refractivity (Wildman–Crippen MR) is 85.3 cm³/mol. The lowest BCUT2D eigenvalue weighted by molar-refractivity contribution is 0.340. The van der Waals surface area contributed by atoms with Crippen LogP contribution in [-0.4, -0.2) is 24.7 Å². The minimum absolute atomic E-state index is 0.00578. The van der Waals surface area contributed by atoms with Gasteiger partial charge in [0.25, 0.3) is 0 Å². The number of aliphatic imine (C=N–C) groups is 1. The van der Waals surface area contributed by atoms with Crippen molar-refractivity contribution in [2.75, 3.05) is 13.2 Å². The van der Waals surface area contributed by atoms with E-state index in [1.165, 1.54) is 0 Å². The Kier molecular flexibility index (Phi) is 6.36. The lowest BCUT2D eigenvalue weighted by atomic mass is 10.1. The van der Waals surface area contributed by atoms with Crippen molar-refractivity contribution in [3.8, 4) is 5.75 Å². The van der Waals surface area contributed by atoms with E-state index in [4.69, 9.17) is 4.74 Å². The van der Waals surface area contributed by atoms with Crippen molar-refractivity contribution in [3.63, 3.8) is 0 Å². The van der Waals surface area contributed by atoms with E-state index >= 15 is 0 Å². The molecule has 0 aliphatic carbocycles. The summed E-state index contributed by atoms with van der Waals surface area (Å²) in [6.07, 6.45) is 0. The second kappa shape index (κ2) is 7.78. The van der Waals surface area contributed by atoms with Crippen LogP contribution >= 0.6 is 0 Å². The highest BCUT2D eigenvalue weighted by Crippen LogP contribution is 2.14. The summed E-state index contributed by atoms with van der Waals surface area (Å²) in [6.45, 7) is 12.6. The van der Waals surface area contributed by atoms with Gasteiger partial charge in [0, 0.05) is 12.1 Å². The maximum absolute atomic E-state index is 5.50.